The Labute approximate surface area is 145 Å². The first-order valence-electron chi connectivity index (χ1n) is 8.66. The summed E-state index contributed by atoms with van der Waals surface area (Å²) in [5, 5.41) is 0. The van der Waals surface area contributed by atoms with Crippen molar-refractivity contribution in [2.24, 2.45) is 5.92 Å². The Hall–Kier alpha value is -1.40. The van der Waals surface area contributed by atoms with Gasteiger partial charge in [-0.25, -0.2) is 8.42 Å². The molecule has 0 N–H and O–H groups in total. The highest BCUT2D eigenvalue weighted by Gasteiger charge is 2.32. The quantitative estimate of drug-likeness (QED) is 0.737. The van der Waals surface area contributed by atoms with Crippen LogP contribution < -0.4 is 0 Å². The summed E-state index contributed by atoms with van der Waals surface area (Å²) in [6, 6.07) is 7.17. The Kier molecular flexibility index (Phi) is 6.40. The van der Waals surface area contributed by atoms with Crippen molar-refractivity contribution >= 4 is 16.0 Å². The lowest BCUT2D eigenvalue weighted by molar-refractivity contribution is -0.149. The van der Waals surface area contributed by atoms with Crippen LogP contribution in [0.4, 0.5) is 0 Å². The van der Waals surface area contributed by atoms with E-state index in [1.54, 1.807) is 19.1 Å². The maximum Gasteiger partial charge on any atom is 0.309 e. The van der Waals surface area contributed by atoms with Gasteiger partial charge >= 0.3 is 5.97 Å². The van der Waals surface area contributed by atoms with Gasteiger partial charge in [0, 0.05) is 13.1 Å². The average molecular weight is 353 g/mol. The Morgan fingerprint density at radius 2 is 1.79 bits per heavy atom. The molecule has 0 aromatic heterocycles. The summed E-state index contributed by atoms with van der Waals surface area (Å²) in [5.41, 5.74) is 1.15. The van der Waals surface area contributed by atoms with Crippen molar-refractivity contribution in [3.05, 3.63) is 29.8 Å². The highest BCUT2D eigenvalue weighted by atomic mass is 32.2. The van der Waals surface area contributed by atoms with Crippen molar-refractivity contribution in [1.29, 1.82) is 0 Å². The first-order valence-corrected chi connectivity index (χ1v) is 10.1. The molecule has 1 heterocycles. The molecule has 1 atom stereocenters. The lowest BCUT2D eigenvalue weighted by Crippen LogP contribution is -2.40. The van der Waals surface area contributed by atoms with Crippen molar-refractivity contribution in [1.82, 2.24) is 4.31 Å². The molecule has 0 bridgehead atoms. The largest absolute Gasteiger partial charge is 0.466 e. The van der Waals surface area contributed by atoms with Crippen molar-refractivity contribution in [2.45, 2.75) is 50.8 Å². The second kappa shape index (κ2) is 8.12. The Bertz CT molecular complexity index is 646. The third-order valence-electron chi connectivity index (χ3n) is 4.77. The number of benzene rings is 1. The number of piperidine rings is 1. The van der Waals surface area contributed by atoms with Gasteiger partial charge in [0.1, 0.15) is 0 Å². The van der Waals surface area contributed by atoms with E-state index in [9.17, 15) is 13.2 Å². The van der Waals surface area contributed by atoms with E-state index in [1.807, 2.05) is 12.1 Å². The summed E-state index contributed by atoms with van der Waals surface area (Å²) in [7, 11) is -3.49. The predicted octanol–water partition coefficient (Wildman–Crippen LogP) is 3.16. The first kappa shape index (κ1) is 18.9. The van der Waals surface area contributed by atoms with Gasteiger partial charge in [-0.1, -0.05) is 26.0 Å². The van der Waals surface area contributed by atoms with Crippen LogP contribution in [0.5, 0.6) is 0 Å². The fourth-order valence-electron chi connectivity index (χ4n) is 2.95. The molecule has 1 fully saturated rings. The third-order valence-corrected chi connectivity index (χ3v) is 6.69. The number of rotatable bonds is 6. The molecule has 134 valence electrons. The van der Waals surface area contributed by atoms with E-state index in [0.29, 0.717) is 43.4 Å². The summed E-state index contributed by atoms with van der Waals surface area (Å²) in [6.45, 7) is 7.10. The van der Waals surface area contributed by atoms with Gasteiger partial charge in [0.25, 0.3) is 0 Å². The summed E-state index contributed by atoms with van der Waals surface area (Å²) in [4.78, 5) is 12.1. The van der Waals surface area contributed by atoms with E-state index in [1.165, 1.54) is 4.31 Å². The van der Waals surface area contributed by atoms with E-state index in [-0.39, 0.29) is 11.9 Å². The number of hydrogen-bond donors (Lipinski definition) is 0. The number of hydrogen-bond acceptors (Lipinski definition) is 4. The van der Waals surface area contributed by atoms with Crippen LogP contribution in [0.3, 0.4) is 0 Å². The molecule has 0 aliphatic carbocycles. The van der Waals surface area contributed by atoms with E-state index < -0.39 is 10.0 Å². The van der Waals surface area contributed by atoms with Crippen LogP contribution in [-0.2, 0) is 19.6 Å². The number of carbonyl (C=O) groups excluding carboxylic acids is 1. The fourth-order valence-corrected chi connectivity index (χ4v) is 4.41. The molecule has 1 aromatic carbocycles. The second-order valence-corrected chi connectivity index (χ2v) is 8.25. The SMILES string of the molecule is CCOC(=O)C1CCN(S(=O)(=O)c2ccc(C(C)CC)cc2)CC1. The van der Waals surface area contributed by atoms with Gasteiger partial charge in [0.2, 0.25) is 10.0 Å². The van der Waals surface area contributed by atoms with Crippen LogP contribution in [0.15, 0.2) is 29.2 Å². The molecule has 0 spiro atoms. The molecule has 6 heteroatoms. The highest BCUT2D eigenvalue weighted by molar-refractivity contribution is 7.89. The van der Waals surface area contributed by atoms with Gasteiger partial charge in [0.05, 0.1) is 17.4 Å². The van der Waals surface area contributed by atoms with Gasteiger partial charge in [-0.05, 0) is 49.8 Å². The zero-order valence-corrected chi connectivity index (χ0v) is 15.5. The molecule has 0 radical (unpaired) electrons. The lowest BCUT2D eigenvalue weighted by atomic mass is 9.98. The molecule has 2 rings (SSSR count). The molecule has 0 amide bonds. The van der Waals surface area contributed by atoms with Crippen molar-refractivity contribution < 1.29 is 17.9 Å². The molecule has 1 aliphatic heterocycles. The van der Waals surface area contributed by atoms with Gasteiger partial charge in [-0.2, -0.15) is 4.31 Å². The minimum Gasteiger partial charge on any atom is -0.466 e. The maximum atomic E-state index is 12.7. The Balaban J connectivity index is 2.05. The minimum absolute atomic E-state index is 0.191. The van der Waals surface area contributed by atoms with Crippen molar-refractivity contribution in [3.8, 4) is 0 Å². The number of carbonyl (C=O) groups is 1. The van der Waals surface area contributed by atoms with Crippen molar-refractivity contribution in [2.75, 3.05) is 19.7 Å². The summed E-state index contributed by atoms with van der Waals surface area (Å²) >= 11 is 0. The molecule has 1 saturated heterocycles. The van der Waals surface area contributed by atoms with Crippen LogP contribution >= 0.6 is 0 Å². The van der Waals surface area contributed by atoms with Gasteiger partial charge in [-0.3, -0.25) is 4.79 Å². The van der Waals surface area contributed by atoms with E-state index in [4.69, 9.17) is 4.74 Å². The van der Waals surface area contributed by atoms with Crippen LogP contribution in [0.25, 0.3) is 0 Å². The molecule has 5 nitrogen and oxygen atoms in total. The van der Waals surface area contributed by atoms with Crippen molar-refractivity contribution in [3.63, 3.8) is 0 Å². The molecular formula is C18H27NO4S. The predicted molar refractivity (Wildman–Crippen MR) is 93.3 cm³/mol. The number of ether oxygens (including phenoxy) is 1. The van der Waals surface area contributed by atoms with E-state index in [2.05, 4.69) is 13.8 Å². The zero-order valence-electron chi connectivity index (χ0n) is 14.7. The fraction of sp³-hybridized carbons (Fsp3) is 0.611. The molecule has 24 heavy (non-hydrogen) atoms. The summed E-state index contributed by atoms with van der Waals surface area (Å²) in [5.74, 6) is 0.0127. The van der Waals surface area contributed by atoms with Gasteiger partial charge in [0.15, 0.2) is 0 Å². The molecule has 1 aromatic rings. The molecular weight excluding hydrogens is 326 g/mol. The topological polar surface area (TPSA) is 63.7 Å². The monoisotopic (exact) mass is 353 g/mol. The van der Waals surface area contributed by atoms with E-state index >= 15 is 0 Å². The minimum atomic E-state index is -3.49. The van der Waals surface area contributed by atoms with Crippen LogP contribution in [0, 0.1) is 5.92 Å². The third kappa shape index (κ3) is 4.16. The van der Waals surface area contributed by atoms with Crippen LogP contribution in [-0.4, -0.2) is 38.4 Å². The standard InChI is InChI=1S/C18H27NO4S/c1-4-14(3)15-6-8-17(9-7-15)24(21,22)19-12-10-16(11-13-19)18(20)23-5-2/h6-9,14,16H,4-5,10-13H2,1-3H3. The summed E-state index contributed by atoms with van der Waals surface area (Å²) < 4.78 is 32.0. The van der Waals surface area contributed by atoms with Crippen LogP contribution in [0.2, 0.25) is 0 Å². The number of nitrogens with zero attached hydrogens (tertiary/aromatic N) is 1. The number of sulfonamides is 1. The second-order valence-electron chi connectivity index (χ2n) is 6.31. The molecule has 1 unspecified atom stereocenters. The van der Waals surface area contributed by atoms with Crippen LogP contribution in [0.1, 0.15) is 51.5 Å². The maximum absolute atomic E-state index is 12.7. The highest BCUT2D eigenvalue weighted by Crippen LogP contribution is 2.26. The van der Waals surface area contributed by atoms with Gasteiger partial charge < -0.3 is 4.74 Å². The lowest BCUT2D eigenvalue weighted by Gasteiger charge is -2.30. The van der Waals surface area contributed by atoms with Gasteiger partial charge in [-0.15, -0.1) is 0 Å². The zero-order chi connectivity index (χ0) is 17.7. The first-order chi connectivity index (χ1) is 11.4. The normalized spacial score (nSPS) is 18.3. The number of esters is 1. The Morgan fingerprint density at radius 3 is 2.29 bits per heavy atom. The summed E-state index contributed by atoms with van der Waals surface area (Å²) in [6.07, 6.45) is 2.06. The Morgan fingerprint density at radius 1 is 1.21 bits per heavy atom. The smallest absolute Gasteiger partial charge is 0.309 e. The molecule has 0 saturated carbocycles. The molecule has 1 aliphatic rings. The van der Waals surface area contributed by atoms with E-state index in [0.717, 1.165) is 12.0 Å². The average Bonchev–Trinajstić information content (AvgIpc) is 2.61.